The molecule has 4 nitrogen and oxygen atoms in total. The number of esters is 1. The van der Waals surface area contributed by atoms with Gasteiger partial charge in [-0.2, -0.15) is 0 Å². The molecule has 0 aromatic heterocycles. The Morgan fingerprint density at radius 2 is 2.07 bits per heavy atom. The fourth-order valence-corrected chi connectivity index (χ4v) is 2.01. The molecule has 1 N–H and O–H groups in total. The Balaban J connectivity index is 2.86. The summed E-state index contributed by atoms with van der Waals surface area (Å²) in [4.78, 5) is 22.6. The lowest BCUT2D eigenvalue weighted by atomic mass is 9.99. The van der Waals surface area contributed by atoms with Crippen molar-refractivity contribution in [2.45, 2.75) is 39.2 Å². The Hall–Kier alpha value is -1.06. The average Bonchev–Trinajstić information content (AvgIpc) is 2.71. The van der Waals surface area contributed by atoms with Crippen molar-refractivity contribution in [2.75, 3.05) is 7.11 Å². The molecule has 0 spiro atoms. The molecule has 1 rings (SSSR count). The molecule has 0 bridgehead atoms. The molecule has 0 unspecified atom stereocenters. The number of amides is 1. The summed E-state index contributed by atoms with van der Waals surface area (Å²) in [5, 5.41) is 2.71. The summed E-state index contributed by atoms with van der Waals surface area (Å²) in [5.41, 5.74) is -0.923. The summed E-state index contributed by atoms with van der Waals surface area (Å²) in [6.45, 7) is 5.41. The number of ether oxygens (including phenoxy) is 1. The van der Waals surface area contributed by atoms with Crippen molar-refractivity contribution in [1.82, 2.24) is 5.32 Å². The lowest BCUT2D eigenvalue weighted by molar-refractivity contribution is -0.147. The van der Waals surface area contributed by atoms with E-state index in [1.807, 2.05) is 13.8 Å². The highest BCUT2D eigenvalue weighted by molar-refractivity contribution is 5.91. The highest BCUT2D eigenvalue weighted by Gasteiger charge is 2.69. The number of nitrogens with one attached hydrogen (secondary N) is 1. The zero-order valence-electron chi connectivity index (χ0n) is 9.14. The molecule has 1 saturated carbocycles. The highest BCUT2D eigenvalue weighted by Crippen LogP contribution is 2.58. The van der Waals surface area contributed by atoms with E-state index in [1.165, 1.54) is 14.0 Å². The smallest absolute Gasteiger partial charge is 0.332 e. The van der Waals surface area contributed by atoms with Crippen LogP contribution in [0.3, 0.4) is 0 Å². The van der Waals surface area contributed by atoms with Crippen LogP contribution >= 0.6 is 0 Å². The van der Waals surface area contributed by atoms with Gasteiger partial charge in [0.1, 0.15) is 5.54 Å². The van der Waals surface area contributed by atoms with Crippen LogP contribution in [0.15, 0.2) is 0 Å². The highest BCUT2D eigenvalue weighted by atomic mass is 16.5. The van der Waals surface area contributed by atoms with Crippen molar-refractivity contribution in [2.24, 2.45) is 5.41 Å². The van der Waals surface area contributed by atoms with Gasteiger partial charge in [-0.25, -0.2) is 4.79 Å². The predicted molar refractivity (Wildman–Crippen MR) is 51.6 cm³/mol. The standard InChI is InChI=1S/C10H17NO3/c1-5-9(3)6-10(9,8(13)14-4)11-7(2)12/h5-6H2,1-4H3,(H,11,12)/t9-,10+/m0/s1. The predicted octanol–water partition coefficient (Wildman–Crippen LogP) is 0.854. The third-order valence-electron chi connectivity index (χ3n) is 3.26. The van der Waals surface area contributed by atoms with Crippen LogP contribution in [-0.4, -0.2) is 24.5 Å². The van der Waals surface area contributed by atoms with Crippen molar-refractivity contribution in [3.63, 3.8) is 0 Å². The number of hydrogen-bond donors (Lipinski definition) is 1. The van der Waals surface area contributed by atoms with Gasteiger partial charge in [-0.15, -0.1) is 0 Å². The quantitative estimate of drug-likeness (QED) is 0.686. The lowest BCUT2D eigenvalue weighted by Crippen LogP contribution is -2.46. The molecular formula is C10H17NO3. The first kappa shape index (κ1) is 11.0. The largest absolute Gasteiger partial charge is 0.467 e. The Bertz CT molecular complexity index is 277. The molecule has 0 heterocycles. The molecular weight excluding hydrogens is 182 g/mol. The summed E-state index contributed by atoms with van der Waals surface area (Å²) in [6.07, 6.45) is 1.52. The summed E-state index contributed by atoms with van der Waals surface area (Å²) >= 11 is 0. The molecule has 4 heteroatoms. The van der Waals surface area contributed by atoms with Crippen molar-refractivity contribution in [3.8, 4) is 0 Å². The van der Waals surface area contributed by atoms with E-state index in [9.17, 15) is 9.59 Å². The van der Waals surface area contributed by atoms with Gasteiger partial charge in [-0.3, -0.25) is 4.79 Å². The molecule has 0 saturated heterocycles. The zero-order valence-corrected chi connectivity index (χ0v) is 9.14. The number of methoxy groups -OCH3 is 1. The van der Waals surface area contributed by atoms with Crippen molar-refractivity contribution in [1.29, 1.82) is 0 Å². The van der Waals surface area contributed by atoms with Gasteiger partial charge in [0, 0.05) is 12.3 Å². The maximum Gasteiger partial charge on any atom is 0.332 e. The Kier molecular flexibility index (Phi) is 2.56. The van der Waals surface area contributed by atoms with Gasteiger partial charge >= 0.3 is 5.97 Å². The van der Waals surface area contributed by atoms with Crippen LogP contribution in [0.1, 0.15) is 33.6 Å². The second-order valence-electron chi connectivity index (χ2n) is 4.17. The van der Waals surface area contributed by atoms with Gasteiger partial charge in [0.25, 0.3) is 0 Å². The van der Waals surface area contributed by atoms with Gasteiger partial charge < -0.3 is 10.1 Å². The van der Waals surface area contributed by atoms with E-state index < -0.39 is 5.54 Å². The van der Waals surface area contributed by atoms with Gasteiger partial charge in [-0.1, -0.05) is 13.8 Å². The summed E-state index contributed by atoms with van der Waals surface area (Å²) in [5.74, 6) is -0.523. The van der Waals surface area contributed by atoms with E-state index in [2.05, 4.69) is 5.32 Å². The normalized spacial score (nSPS) is 34.9. The van der Waals surface area contributed by atoms with Crippen LogP contribution in [0, 0.1) is 5.41 Å². The fraction of sp³-hybridized carbons (Fsp3) is 0.800. The van der Waals surface area contributed by atoms with Gasteiger partial charge in [0.15, 0.2) is 0 Å². The van der Waals surface area contributed by atoms with E-state index in [0.29, 0.717) is 6.42 Å². The van der Waals surface area contributed by atoms with E-state index >= 15 is 0 Å². The maximum absolute atomic E-state index is 11.6. The van der Waals surface area contributed by atoms with Crippen LogP contribution in [0.5, 0.6) is 0 Å². The number of carbonyl (C=O) groups is 2. The summed E-state index contributed by atoms with van der Waals surface area (Å²) < 4.78 is 4.72. The number of hydrogen-bond acceptors (Lipinski definition) is 3. The lowest BCUT2D eigenvalue weighted by Gasteiger charge is -2.20. The minimum absolute atomic E-state index is 0.147. The third-order valence-corrected chi connectivity index (χ3v) is 3.26. The molecule has 0 aromatic carbocycles. The van der Waals surface area contributed by atoms with Crippen molar-refractivity contribution >= 4 is 11.9 Å². The second-order valence-corrected chi connectivity index (χ2v) is 4.17. The van der Waals surface area contributed by atoms with E-state index in [-0.39, 0.29) is 17.3 Å². The van der Waals surface area contributed by atoms with Crippen molar-refractivity contribution in [3.05, 3.63) is 0 Å². The Morgan fingerprint density at radius 1 is 1.50 bits per heavy atom. The van der Waals surface area contributed by atoms with E-state index in [4.69, 9.17) is 4.74 Å². The van der Waals surface area contributed by atoms with Crippen LogP contribution in [-0.2, 0) is 14.3 Å². The molecule has 0 radical (unpaired) electrons. The molecule has 1 aliphatic carbocycles. The Morgan fingerprint density at radius 3 is 2.36 bits per heavy atom. The minimum Gasteiger partial charge on any atom is -0.467 e. The summed E-state index contributed by atoms with van der Waals surface area (Å²) in [6, 6.07) is 0. The molecule has 1 fully saturated rings. The van der Waals surface area contributed by atoms with Gasteiger partial charge in [-0.05, 0) is 12.8 Å². The minimum atomic E-state index is -0.775. The molecule has 14 heavy (non-hydrogen) atoms. The van der Waals surface area contributed by atoms with Gasteiger partial charge in [0.05, 0.1) is 7.11 Å². The van der Waals surface area contributed by atoms with E-state index in [0.717, 1.165) is 6.42 Å². The van der Waals surface area contributed by atoms with Crippen LogP contribution in [0.2, 0.25) is 0 Å². The first-order chi connectivity index (χ1) is 6.42. The third kappa shape index (κ3) is 1.38. The number of carbonyl (C=O) groups excluding carboxylic acids is 2. The van der Waals surface area contributed by atoms with Crippen molar-refractivity contribution < 1.29 is 14.3 Å². The van der Waals surface area contributed by atoms with Crippen LogP contribution < -0.4 is 5.32 Å². The van der Waals surface area contributed by atoms with E-state index in [1.54, 1.807) is 0 Å². The molecule has 1 amide bonds. The molecule has 0 aliphatic heterocycles. The Labute approximate surface area is 84.0 Å². The van der Waals surface area contributed by atoms with Gasteiger partial charge in [0.2, 0.25) is 5.91 Å². The monoisotopic (exact) mass is 199 g/mol. The summed E-state index contributed by atoms with van der Waals surface area (Å²) in [7, 11) is 1.35. The first-order valence-electron chi connectivity index (χ1n) is 4.79. The molecule has 0 aromatic rings. The SMILES string of the molecule is CC[C@@]1(C)C[C@@]1(NC(C)=O)C(=O)OC. The zero-order chi connectivity index (χ0) is 11.0. The molecule has 2 atom stereocenters. The fourth-order valence-electron chi connectivity index (χ4n) is 2.01. The average molecular weight is 199 g/mol. The number of rotatable bonds is 3. The van der Waals surface area contributed by atoms with Crippen LogP contribution in [0.4, 0.5) is 0 Å². The molecule has 1 aliphatic rings. The second kappa shape index (κ2) is 3.26. The topological polar surface area (TPSA) is 55.4 Å². The molecule has 80 valence electrons. The maximum atomic E-state index is 11.6. The van der Waals surface area contributed by atoms with Crippen LogP contribution in [0.25, 0.3) is 0 Å². The first-order valence-corrected chi connectivity index (χ1v) is 4.79.